The highest BCUT2D eigenvalue weighted by Crippen LogP contribution is 2.33. The van der Waals surface area contributed by atoms with E-state index in [1.165, 1.54) is 5.56 Å². The molecular weight excluding hydrogens is 406 g/mol. The fraction of sp³-hybridized carbons (Fsp3) is 0.217. The molecule has 0 saturated carbocycles. The van der Waals surface area contributed by atoms with Crippen LogP contribution in [0.15, 0.2) is 59.1 Å². The largest absolute Gasteiger partial charge is 0.432 e. The summed E-state index contributed by atoms with van der Waals surface area (Å²) in [5.41, 5.74) is 4.06. The molecule has 1 aliphatic rings. The van der Waals surface area contributed by atoms with E-state index in [9.17, 15) is 0 Å². The molecule has 1 fully saturated rings. The average Bonchev–Trinajstić information content (AvgIpc) is 3.44. The Morgan fingerprint density at radius 3 is 2.78 bits per heavy atom. The zero-order chi connectivity index (χ0) is 21.3. The van der Waals surface area contributed by atoms with Crippen LogP contribution in [0, 0.1) is 0 Å². The molecule has 2 N–H and O–H groups in total. The maximum absolute atomic E-state index is 6.05. The fourth-order valence-corrected chi connectivity index (χ4v) is 3.95. The number of benzene rings is 1. The van der Waals surface area contributed by atoms with E-state index in [1.807, 2.05) is 36.4 Å². The molecule has 0 spiro atoms. The first-order valence-corrected chi connectivity index (χ1v) is 10.6. The lowest BCUT2D eigenvalue weighted by Crippen LogP contribution is -2.37. The number of rotatable bonds is 5. The summed E-state index contributed by atoms with van der Waals surface area (Å²) >= 11 is 0. The first kappa shape index (κ1) is 18.8. The van der Waals surface area contributed by atoms with E-state index in [0.29, 0.717) is 30.5 Å². The van der Waals surface area contributed by atoms with Crippen LogP contribution in [-0.2, 0) is 11.2 Å². The number of H-pyrrole nitrogens is 1. The molecule has 9 nitrogen and oxygen atoms in total. The molecule has 6 rings (SSSR count). The maximum Gasteiger partial charge on any atom is 0.231 e. The van der Waals surface area contributed by atoms with Gasteiger partial charge in [0.25, 0.3) is 0 Å². The highest BCUT2D eigenvalue weighted by Gasteiger charge is 2.22. The molecule has 0 amide bonds. The molecule has 5 heterocycles. The van der Waals surface area contributed by atoms with Crippen molar-refractivity contribution in [3.63, 3.8) is 0 Å². The van der Waals surface area contributed by atoms with Crippen LogP contribution in [0.4, 0.5) is 17.6 Å². The molecule has 0 bridgehead atoms. The minimum atomic E-state index is 0.473. The fourth-order valence-electron chi connectivity index (χ4n) is 3.95. The van der Waals surface area contributed by atoms with Gasteiger partial charge in [-0.15, -0.1) is 0 Å². The van der Waals surface area contributed by atoms with E-state index < -0.39 is 0 Å². The number of ether oxygens (including phenoxy) is 1. The van der Waals surface area contributed by atoms with Gasteiger partial charge in [0.2, 0.25) is 11.7 Å². The summed E-state index contributed by atoms with van der Waals surface area (Å²) in [5.74, 6) is 1.94. The van der Waals surface area contributed by atoms with Crippen LogP contribution >= 0.6 is 0 Å². The second kappa shape index (κ2) is 7.93. The number of hydrogen-bond acceptors (Lipinski definition) is 8. The first-order valence-electron chi connectivity index (χ1n) is 10.6. The van der Waals surface area contributed by atoms with E-state index in [2.05, 4.69) is 37.5 Å². The van der Waals surface area contributed by atoms with Gasteiger partial charge >= 0.3 is 0 Å². The normalized spacial score (nSPS) is 14.3. The van der Waals surface area contributed by atoms with Crippen LogP contribution in [0.2, 0.25) is 0 Å². The predicted molar refractivity (Wildman–Crippen MR) is 121 cm³/mol. The Kier molecular flexibility index (Phi) is 4.65. The minimum Gasteiger partial charge on any atom is -0.432 e. The number of fused-ring (bicyclic) bond motifs is 3. The van der Waals surface area contributed by atoms with Gasteiger partial charge in [-0.2, -0.15) is 10.1 Å². The maximum atomic E-state index is 6.05. The molecular formula is C23H21N7O2. The molecule has 0 unspecified atom stereocenters. The molecule has 0 aliphatic carbocycles. The van der Waals surface area contributed by atoms with Gasteiger partial charge in [0.05, 0.1) is 24.3 Å². The van der Waals surface area contributed by atoms with Crippen molar-refractivity contribution in [2.45, 2.75) is 6.42 Å². The van der Waals surface area contributed by atoms with Gasteiger partial charge in [0.15, 0.2) is 11.4 Å². The topological polar surface area (TPSA) is 105 Å². The Bertz CT molecular complexity index is 1370. The van der Waals surface area contributed by atoms with E-state index in [0.717, 1.165) is 47.7 Å². The number of furan rings is 1. The van der Waals surface area contributed by atoms with Crippen LogP contribution in [0.3, 0.4) is 0 Å². The molecule has 5 aromatic rings. The van der Waals surface area contributed by atoms with Crippen LogP contribution < -0.4 is 10.2 Å². The van der Waals surface area contributed by atoms with Crippen molar-refractivity contribution in [2.24, 2.45) is 0 Å². The number of nitrogens with zero attached hydrogens (tertiary/aromatic N) is 5. The molecule has 0 atom stereocenters. The zero-order valence-corrected chi connectivity index (χ0v) is 17.3. The smallest absolute Gasteiger partial charge is 0.231 e. The first-order chi connectivity index (χ1) is 15.8. The average molecular weight is 427 g/mol. The Morgan fingerprint density at radius 2 is 1.91 bits per heavy atom. The van der Waals surface area contributed by atoms with Crippen LogP contribution in [0.1, 0.15) is 11.3 Å². The third-order valence-electron chi connectivity index (χ3n) is 5.49. The molecule has 160 valence electrons. The van der Waals surface area contributed by atoms with Crippen molar-refractivity contribution in [1.82, 2.24) is 25.1 Å². The number of morpholine rings is 1. The van der Waals surface area contributed by atoms with Crippen molar-refractivity contribution in [2.75, 3.05) is 36.5 Å². The SMILES string of the molecule is c1ccc(Cc2cc(Nc3nc(N4CCOCC4)c4oc5ncccc5c4n3)[nH]n2)cc1. The highest BCUT2D eigenvalue weighted by molar-refractivity contribution is 6.05. The summed E-state index contributed by atoms with van der Waals surface area (Å²) in [4.78, 5) is 16.0. The number of hydrogen-bond donors (Lipinski definition) is 2. The van der Waals surface area contributed by atoms with Gasteiger partial charge in [0.1, 0.15) is 11.3 Å². The third kappa shape index (κ3) is 3.52. The van der Waals surface area contributed by atoms with Gasteiger partial charge < -0.3 is 19.4 Å². The van der Waals surface area contributed by atoms with Crippen LogP contribution in [0.5, 0.6) is 0 Å². The van der Waals surface area contributed by atoms with E-state index in [-0.39, 0.29) is 0 Å². The molecule has 1 aromatic carbocycles. The third-order valence-corrected chi connectivity index (χ3v) is 5.49. The van der Waals surface area contributed by atoms with E-state index in [1.54, 1.807) is 6.20 Å². The Balaban J connectivity index is 1.36. The Hall–Kier alpha value is -3.98. The van der Waals surface area contributed by atoms with Crippen molar-refractivity contribution < 1.29 is 9.15 Å². The van der Waals surface area contributed by atoms with Crippen LogP contribution in [0.25, 0.3) is 22.2 Å². The van der Waals surface area contributed by atoms with Gasteiger partial charge in [-0.3, -0.25) is 5.10 Å². The van der Waals surface area contributed by atoms with Crippen molar-refractivity contribution in [1.29, 1.82) is 0 Å². The quantitative estimate of drug-likeness (QED) is 0.438. The molecule has 32 heavy (non-hydrogen) atoms. The molecule has 0 radical (unpaired) electrons. The lowest BCUT2D eigenvalue weighted by Gasteiger charge is -2.27. The summed E-state index contributed by atoms with van der Waals surface area (Å²) < 4.78 is 11.6. The van der Waals surface area contributed by atoms with E-state index >= 15 is 0 Å². The standard InChI is InChI=1S/C23H21N7O2/c1-2-5-15(6-3-1)13-16-14-18(29-28-16)25-23-26-19-17-7-4-8-24-22(17)32-20(19)21(27-23)30-9-11-31-12-10-30/h1-8,14H,9-13H2,(H2,25,26,27,28,29). The summed E-state index contributed by atoms with van der Waals surface area (Å²) in [6.07, 6.45) is 2.46. The van der Waals surface area contributed by atoms with Crippen LogP contribution in [-0.4, -0.2) is 51.5 Å². The Morgan fingerprint density at radius 1 is 1.03 bits per heavy atom. The Labute approximate surface area is 183 Å². The van der Waals surface area contributed by atoms with Crippen molar-refractivity contribution >= 4 is 39.8 Å². The second-order valence-electron chi connectivity index (χ2n) is 7.67. The van der Waals surface area contributed by atoms with Crippen molar-refractivity contribution in [3.8, 4) is 0 Å². The summed E-state index contributed by atoms with van der Waals surface area (Å²) in [6, 6.07) is 16.1. The number of aromatic amines is 1. The molecule has 4 aromatic heterocycles. The summed E-state index contributed by atoms with van der Waals surface area (Å²) in [7, 11) is 0. The second-order valence-corrected chi connectivity index (χ2v) is 7.67. The number of nitrogens with one attached hydrogen (secondary N) is 2. The minimum absolute atomic E-state index is 0.473. The van der Waals surface area contributed by atoms with Gasteiger partial charge in [-0.05, 0) is 17.7 Å². The number of anilines is 3. The number of pyridine rings is 1. The molecule has 1 aliphatic heterocycles. The lowest BCUT2D eigenvalue weighted by atomic mass is 10.1. The summed E-state index contributed by atoms with van der Waals surface area (Å²) in [5, 5.41) is 11.6. The molecule has 9 heteroatoms. The predicted octanol–water partition coefficient (Wildman–Crippen LogP) is 3.67. The highest BCUT2D eigenvalue weighted by atomic mass is 16.5. The van der Waals surface area contributed by atoms with E-state index in [4.69, 9.17) is 19.1 Å². The summed E-state index contributed by atoms with van der Waals surface area (Å²) in [6.45, 7) is 2.77. The van der Waals surface area contributed by atoms with Gasteiger partial charge in [-0.25, -0.2) is 9.97 Å². The van der Waals surface area contributed by atoms with Crippen molar-refractivity contribution in [3.05, 3.63) is 66.0 Å². The number of aromatic nitrogens is 5. The van der Waals surface area contributed by atoms with Gasteiger partial charge in [0, 0.05) is 31.8 Å². The zero-order valence-electron chi connectivity index (χ0n) is 17.3. The molecule has 1 saturated heterocycles. The monoisotopic (exact) mass is 427 g/mol. The van der Waals surface area contributed by atoms with Gasteiger partial charge in [-0.1, -0.05) is 30.3 Å². The lowest BCUT2D eigenvalue weighted by molar-refractivity contribution is 0.122.